The minimum Gasteiger partial charge on any atom is -0.298 e. The fourth-order valence-electron chi connectivity index (χ4n) is 3.08. The smallest absolute Gasteiger partial charge is 0.298 e. The van der Waals surface area contributed by atoms with Crippen LogP contribution < -0.4 is 0 Å². The van der Waals surface area contributed by atoms with Crippen LogP contribution >= 0.6 is 0 Å². The van der Waals surface area contributed by atoms with Crippen molar-refractivity contribution >= 4 is 6.29 Å². The van der Waals surface area contributed by atoms with Gasteiger partial charge in [0.25, 0.3) is 5.92 Å². The van der Waals surface area contributed by atoms with E-state index in [9.17, 15) is 45.2 Å². The molecule has 1 aliphatic rings. The molecule has 3 rings (SSSR count). The molecule has 0 amide bonds. The van der Waals surface area contributed by atoms with Gasteiger partial charge in [-0.3, -0.25) is 9.69 Å². The van der Waals surface area contributed by atoms with Crippen LogP contribution in [0.15, 0.2) is 48.5 Å². The van der Waals surface area contributed by atoms with E-state index >= 15 is 0 Å². The monoisotopic (exact) mass is 478 g/mol. The minimum atomic E-state index is -4.44. The molecule has 2 aromatic rings. The van der Waals surface area contributed by atoms with Crippen LogP contribution in [0.3, 0.4) is 0 Å². The van der Waals surface area contributed by atoms with Crippen molar-refractivity contribution in [2.45, 2.75) is 37.2 Å². The molecule has 0 saturated carbocycles. The first-order chi connectivity index (χ1) is 15.3. The molecule has 0 spiro atoms. The van der Waals surface area contributed by atoms with Crippen LogP contribution in [0.25, 0.3) is 0 Å². The molecule has 0 aromatic heterocycles. The summed E-state index contributed by atoms with van der Waals surface area (Å²) in [5.41, 5.74) is -0.917. The number of nitrogens with zero attached hydrogens (tertiary/aromatic N) is 2. The van der Waals surface area contributed by atoms with Gasteiger partial charge in [0.05, 0.1) is 17.2 Å². The van der Waals surface area contributed by atoms with Gasteiger partial charge in [-0.2, -0.15) is 31.6 Å². The van der Waals surface area contributed by atoms with E-state index in [4.69, 9.17) is 0 Å². The van der Waals surface area contributed by atoms with Gasteiger partial charge in [0.2, 0.25) is 0 Å². The number of aldehydes is 1. The number of nitriles is 1. The van der Waals surface area contributed by atoms with E-state index in [1.165, 1.54) is 12.1 Å². The first-order valence-corrected chi connectivity index (χ1v) is 9.58. The Morgan fingerprint density at radius 1 is 0.848 bits per heavy atom. The van der Waals surface area contributed by atoms with E-state index in [2.05, 4.69) is 0 Å². The quantitative estimate of drug-likeness (QED) is 0.373. The number of carbonyl (C=O) groups excluding carboxylic acids is 1. The summed E-state index contributed by atoms with van der Waals surface area (Å²) in [4.78, 5) is 11.7. The molecule has 1 aliphatic heterocycles. The molecule has 33 heavy (non-hydrogen) atoms. The number of rotatable bonds is 3. The number of hydrogen-bond acceptors (Lipinski definition) is 3. The fourth-order valence-corrected chi connectivity index (χ4v) is 3.08. The van der Waals surface area contributed by atoms with E-state index in [0.717, 1.165) is 36.4 Å². The van der Waals surface area contributed by atoms with Crippen LogP contribution in [0, 0.1) is 11.3 Å². The summed E-state index contributed by atoms with van der Waals surface area (Å²) in [5.74, 6) is -2.73. The minimum absolute atomic E-state index is 0.0479. The molecule has 1 heterocycles. The Labute approximate surface area is 184 Å². The van der Waals surface area contributed by atoms with Crippen LogP contribution in [0.1, 0.15) is 45.9 Å². The molecule has 0 N–H and O–H groups in total. The zero-order valence-corrected chi connectivity index (χ0v) is 16.9. The van der Waals surface area contributed by atoms with Crippen molar-refractivity contribution in [2.75, 3.05) is 13.1 Å². The lowest BCUT2D eigenvalue weighted by molar-refractivity contribution is -0.138. The van der Waals surface area contributed by atoms with E-state index in [0.29, 0.717) is 11.8 Å². The SMILES string of the molecule is N#CC(c1ccc(C(F)(F)F)cc1)N1CCC(F)(F)CC1.O=Cc1ccc(C(F)(F)F)cc1. The fraction of sp³-hybridized carbons (Fsp3) is 0.364. The number of carbonyl (C=O) groups is 1. The van der Waals surface area contributed by atoms with Crippen LogP contribution in [0.4, 0.5) is 35.1 Å². The lowest BCUT2D eigenvalue weighted by Gasteiger charge is -2.34. The maximum atomic E-state index is 13.1. The van der Waals surface area contributed by atoms with Crippen molar-refractivity contribution in [3.63, 3.8) is 0 Å². The number of hydrogen-bond donors (Lipinski definition) is 0. The Balaban J connectivity index is 0.000000273. The molecule has 3 nitrogen and oxygen atoms in total. The van der Waals surface area contributed by atoms with Gasteiger partial charge >= 0.3 is 12.4 Å². The van der Waals surface area contributed by atoms with Crippen molar-refractivity contribution in [1.29, 1.82) is 5.26 Å². The van der Waals surface area contributed by atoms with E-state index in [1.54, 1.807) is 4.90 Å². The molecule has 11 heteroatoms. The molecular weight excluding hydrogens is 460 g/mol. The third-order valence-corrected chi connectivity index (χ3v) is 4.94. The van der Waals surface area contributed by atoms with Gasteiger partial charge in [-0.1, -0.05) is 24.3 Å². The Hall–Kier alpha value is -3.00. The van der Waals surface area contributed by atoms with Gasteiger partial charge in [-0.05, 0) is 29.8 Å². The van der Waals surface area contributed by atoms with Crippen LogP contribution in [0.5, 0.6) is 0 Å². The van der Waals surface area contributed by atoms with Crippen LogP contribution in [0.2, 0.25) is 0 Å². The molecule has 0 bridgehead atoms. The van der Waals surface area contributed by atoms with E-state index in [-0.39, 0.29) is 31.5 Å². The highest BCUT2D eigenvalue weighted by Gasteiger charge is 2.37. The molecule has 1 unspecified atom stereocenters. The predicted octanol–water partition coefficient (Wildman–Crippen LogP) is 6.52. The number of benzene rings is 2. The van der Waals surface area contributed by atoms with Crippen LogP contribution in [-0.4, -0.2) is 30.2 Å². The highest BCUT2D eigenvalue weighted by atomic mass is 19.4. The van der Waals surface area contributed by atoms with Crippen molar-refractivity contribution in [2.24, 2.45) is 0 Å². The molecule has 2 aromatic carbocycles. The molecule has 0 aliphatic carbocycles. The third-order valence-electron chi connectivity index (χ3n) is 4.94. The summed E-state index contributed by atoms with van der Waals surface area (Å²) < 4.78 is 99.5. The zero-order chi connectivity index (χ0) is 24.9. The first kappa shape index (κ1) is 26.3. The lowest BCUT2D eigenvalue weighted by Crippen LogP contribution is -2.41. The average molecular weight is 478 g/mol. The zero-order valence-electron chi connectivity index (χ0n) is 16.9. The normalized spacial score (nSPS) is 17.3. The summed E-state index contributed by atoms with van der Waals surface area (Å²) in [6, 6.07) is 9.45. The summed E-state index contributed by atoms with van der Waals surface area (Å²) in [7, 11) is 0. The maximum absolute atomic E-state index is 13.1. The number of halogens is 8. The Morgan fingerprint density at radius 3 is 1.64 bits per heavy atom. The summed E-state index contributed by atoms with van der Waals surface area (Å²) >= 11 is 0. The molecule has 178 valence electrons. The Kier molecular flexibility index (Phi) is 8.19. The first-order valence-electron chi connectivity index (χ1n) is 9.58. The van der Waals surface area contributed by atoms with E-state index in [1.807, 2.05) is 6.07 Å². The summed E-state index contributed by atoms with van der Waals surface area (Å²) in [6.07, 6.45) is -8.95. The predicted molar refractivity (Wildman–Crippen MR) is 102 cm³/mol. The Bertz CT molecular complexity index is 950. The second-order valence-corrected chi connectivity index (χ2v) is 7.28. The third kappa shape index (κ3) is 7.53. The van der Waals surface area contributed by atoms with Gasteiger partial charge in [0.15, 0.2) is 0 Å². The standard InChI is InChI=1S/C14H13F5N2.C8H5F3O/c15-13(16)5-7-21(8-6-13)12(9-20)10-1-3-11(4-2-10)14(17,18)19;9-8(10,11)7-3-1-6(5-12)2-4-7/h1-4,12H,5-8H2;1-5H. The van der Waals surface area contributed by atoms with Gasteiger partial charge in [-0.25, -0.2) is 8.78 Å². The van der Waals surface area contributed by atoms with Gasteiger partial charge in [0, 0.05) is 31.5 Å². The largest absolute Gasteiger partial charge is 0.416 e. The van der Waals surface area contributed by atoms with Crippen molar-refractivity contribution in [3.05, 3.63) is 70.8 Å². The summed E-state index contributed by atoms with van der Waals surface area (Å²) in [6.45, 7) is 0.0957. The van der Waals surface area contributed by atoms with Crippen LogP contribution in [-0.2, 0) is 12.4 Å². The van der Waals surface area contributed by atoms with Crippen molar-refractivity contribution < 1.29 is 39.9 Å². The van der Waals surface area contributed by atoms with Gasteiger partial charge in [-0.15, -0.1) is 0 Å². The molecular formula is C22H18F8N2O. The Morgan fingerprint density at radius 2 is 1.27 bits per heavy atom. The molecule has 1 fully saturated rings. The van der Waals surface area contributed by atoms with Crippen molar-refractivity contribution in [3.8, 4) is 6.07 Å². The maximum Gasteiger partial charge on any atom is 0.416 e. The summed E-state index contributed by atoms with van der Waals surface area (Å²) in [5, 5.41) is 9.19. The second-order valence-electron chi connectivity index (χ2n) is 7.28. The highest BCUT2D eigenvalue weighted by molar-refractivity contribution is 5.74. The van der Waals surface area contributed by atoms with Gasteiger partial charge in [0.1, 0.15) is 12.3 Å². The second kappa shape index (κ2) is 10.3. The topological polar surface area (TPSA) is 44.1 Å². The van der Waals surface area contributed by atoms with Gasteiger partial charge < -0.3 is 0 Å². The number of piperidine rings is 1. The molecule has 0 radical (unpaired) electrons. The lowest BCUT2D eigenvalue weighted by atomic mass is 10.00. The van der Waals surface area contributed by atoms with Crippen molar-refractivity contribution in [1.82, 2.24) is 4.90 Å². The highest BCUT2D eigenvalue weighted by Crippen LogP contribution is 2.34. The number of likely N-dealkylation sites (tertiary alicyclic amines) is 1. The molecule has 1 atom stereocenters. The van der Waals surface area contributed by atoms with E-state index < -0.39 is 35.4 Å². The molecule has 1 saturated heterocycles. The average Bonchev–Trinajstić information content (AvgIpc) is 2.75. The number of alkyl halides is 8.